The normalized spacial score (nSPS) is 13.8. The number of ether oxygens (including phenoxy) is 1. The van der Waals surface area contributed by atoms with Crippen LogP contribution in [0.25, 0.3) is 22.4 Å². The van der Waals surface area contributed by atoms with Crippen LogP contribution in [0.1, 0.15) is 34.7 Å². The fourth-order valence-corrected chi connectivity index (χ4v) is 4.60. The van der Waals surface area contributed by atoms with Gasteiger partial charge in [-0.2, -0.15) is 0 Å². The predicted octanol–water partition coefficient (Wildman–Crippen LogP) is 4.60. The first-order valence-corrected chi connectivity index (χ1v) is 9.63. The van der Waals surface area contributed by atoms with Gasteiger partial charge in [-0.3, -0.25) is 4.79 Å². The summed E-state index contributed by atoms with van der Waals surface area (Å²) >= 11 is 1.66. The van der Waals surface area contributed by atoms with Crippen LogP contribution in [-0.4, -0.2) is 16.6 Å². The average molecular weight is 364 g/mol. The minimum absolute atomic E-state index is 0.0368. The fourth-order valence-electron chi connectivity index (χ4n) is 3.33. The van der Waals surface area contributed by atoms with Crippen molar-refractivity contribution >= 4 is 33.7 Å². The summed E-state index contributed by atoms with van der Waals surface area (Å²) in [4.78, 5) is 22.3. The molecule has 0 spiro atoms. The van der Waals surface area contributed by atoms with Crippen molar-refractivity contribution in [1.82, 2.24) is 9.97 Å². The number of H-pyrrole nitrogens is 1. The Kier molecular flexibility index (Phi) is 4.71. The van der Waals surface area contributed by atoms with Crippen LogP contribution in [0.3, 0.4) is 0 Å². The highest BCUT2D eigenvalue weighted by Crippen LogP contribution is 2.33. The molecule has 26 heavy (non-hydrogen) atoms. The summed E-state index contributed by atoms with van der Waals surface area (Å²) in [5, 5.41) is 0.788. The summed E-state index contributed by atoms with van der Waals surface area (Å²) in [5.74, 6) is 1.35. The molecule has 1 aliphatic carbocycles. The van der Waals surface area contributed by atoms with Crippen LogP contribution in [0.15, 0.2) is 41.7 Å². The van der Waals surface area contributed by atoms with Gasteiger partial charge in [0.05, 0.1) is 5.39 Å². The van der Waals surface area contributed by atoms with Crippen LogP contribution >= 0.6 is 11.3 Å². The predicted molar refractivity (Wildman–Crippen MR) is 108 cm³/mol. The van der Waals surface area contributed by atoms with Gasteiger partial charge in [-0.25, -0.2) is 4.98 Å². The second kappa shape index (κ2) is 7.30. The van der Waals surface area contributed by atoms with Crippen molar-refractivity contribution in [2.75, 3.05) is 6.61 Å². The van der Waals surface area contributed by atoms with Crippen molar-refractivity contribution in [2.45, 2.75) is 25.7 Å². The Bertz CT molecular complexity index is 1050. The Hall–Kier alpha value is -2.66. The van der Waals surface area contributed by atoms with Gasteiger partial charge in [0.15, 0.2) is 0 Å². The molecule has 1 aliphatic rings. The van der Waals surface area contributed by atoms with Crippen molar-refractivity contribution in [3.05, 3.63) is 69.1 Å². The van der Waals surface area contributed by atoms with E-state index in [0.717, 1.165) is 40.8 Å². The maximum Gasteiger partial charge on any atom is 0.260 e. The number of thiophene rings is 1. The van der Waals surface area contributed by atoms with E-state index >= 15 is 0 Å². The molecule has 4 rings (SSSR count). The second-order valence-corrected chi connectivity index (χ2v) is 7.40. The van der Waals surface area contributed by atoms with Gasteiger partial charge in [-0.15, -0.1) is 11.3 Å². The Balaban J connectivity index is 1.69. The number of hydrogen-bond donors (Lipinski definition) is 1. The average Bonchev–Trinajstić information content (AvgIpc) is 3.04. The lowest BCUT2D eigenvalue weighted by molar-refractivity contribution is 0.362. The van der Waals surface area contributed by atoms with E-state index in [4.69, 9.17) is 4.74 Å². The Morgan fingerprint density at radius 1 is 1.23 bits per heavy atom. The number of aryl methyl sites for hydroxylation is 2. The maximum atomic E-state index is 12.6. The number of nitrogens with one attached hydrogen (secondary N) is 1. The number of nitrogens with zero attached hydrogens (tertiary/aromatic N) is 1. The lowest BCUT2D eigenvalue weighted by Gasteiger charge is -2.09. The molecule has 1 aromatic carbocycles. The number of hydrogen-bond acceptors (Lipinski definition) is 4. The fraction of sp³-hybridized carbons (Fsp3) is 0.238. The first-order chi connectivity index (χ1) is 12.8. The number of para-hydroxylation sites is 1. The van der Waals surface area contributed by atoms with E-state index in [9.17, 15) is 4.79 Å². The number of rotatable bonds is 5. The molecule has 0 fully saturated rings. The molecule has 0 atom stereocenters. The third kappa shape index (κ3) is 3.22. The highest BCUT2D eigenvalue weighted by Gasteiger charge is 2.19. The Morgan fingerprint density at radius 3 is 2.96 bits per heavy atom. The minimum Gasteiger partial charge on any atom is -0.489 e. The summed E-state index contributed by atoms with van der Waals surface area (Å²) in [5.41, 5.74) is 2.11. The summed E-state index contributed by atoms with van der Waals surface area (Å²) in [6.45, 7) is 4.12. The van der Waals surface area contributed by atoms with Crippen LogP contribution in [0, 0.1) is 0 Å². The molecule has 132 valence electrons. The molecular formula is C21H20N2O2S. The van der Waals surface area contributed by atoms with Crippen LogP contribution in [0.4, 0.5) is 0 Å². The molecule has 5 heteroatoms. The van der Waals surface area contributed by atoms with Crippen molar-refractivity contribution in [3.63, 3.8) is 0 Å². The third-order valence-corrected chi connectivity index (χ3v) is 5.73. The third-order valence-electron chi connectivity index (χ3n) is 4.54. The molecule has 0 aliphatic heterocycles. The molecule has 0 unspecified atom stereocenters. The van der Waals surface area contributed by atoms with Gasteiger partial charge in [-0.05, 0) is 49.5 Å². The number of aromatic nitrogens is 2. The van der Waals surface area contributed by atoms with E-state index in [2.05, 4.69) is 16.5 Å². The molecule has 1 N–H and O–H groups in total. The maximum absolute atomic E-state index is 12.6. The van der Waals surface area contributed by atoms with E-state index in [1.807, 2.05) is 36.4 Å². The molecule has 2 aromatic heterocycles. The molecule has 3 aromatic rings. The summed E-state index contributed by atoms with van der Waals surface area (Å²) in [7, 11) is 0. The van der Waals surface area contributed by atoms with E-state index in [0.29, 0.717) is 12.4 Å². The summed E-state index contributed by atoms with van der Waals surface area (Å²) < 4.78 is 5.66. The second-order valence-electron chi connectivity index (χ2n) is 6.31. The zero-order valence-electron chi connectivity index (χ0n) is 14.5. The summed E-state index contributed by atoms with van der Waals surface area (Å²) in [6.07, 6.45) is 9.86. The molecule has 0 bridgehead atoms. The zero-order valence-corrected chi connectivity index (χ0v) is 15.3. The number of fused-ring (bicyclic) bond motifs is 3. The quantitative estimate of drug-likeness (QED) is 0.673. The van der Waals surface area contributed by atoms with E-state index in [-0.39, 0.29) is 5.56 Å². The Labute approximate surface area is 155 Å². The molecule has 0 amide bonds. The monoisotopic (exact) mass is 364 g/mol. The van der Waals surface area contributed by atoms with Crippen LogP contribution in [0.2, 0.25) is 0 Å². The topological polar surface area (TPSA) is 55.0 Å². The Morgan fingerprint density at radius 2 is 2.08 bits per heavy atom. The molecule has 0 saturated heterocycles. The molecule has 4 nitrogen and oxygen atoms in total. The van der Waals surface area contributed by atoms with Gasteiger partial charge >= 0.3 is 0 Å². The highest BCUT2D eigenvalue weighted by molar-refractivity contribution is 7.18. The van der Waals surface area contributed by atoms with Crippen molar-refractivity contribution < 1.29 is 4.74 Å². The van der Waals surface area contributed by atoms with Gasteiger partial charge in [0, 0.05) is 10.4 Å². The van der Waals surface area contributed by atoms with Gasteiger partial charge in [0.2, 0.25) is 0 Å². The number of aromatic amines is 1. The number of benzene rings is 1. The molecular weight excluding hydrogens is 344 g/mol. The van der Waals surface area contributed by atoms with Gasteiger partial charge in [0.1, 0.15) is 23.0 Å². The van der Waals surface area contributed by atoms with E-state index in [1.54, 1.807) is 17.4 Å². The highest BCUT2D eigenvalue weighted by atomic mass is 32.1. The molecule has 0 saturated carbocycles. The minimum atomic E-state index is -0.0368. The van der Waals surface area contributed by atoms with Crippen LogP contribution in [-0.2, 0) is 12.8 Å². The van der Waals surface area contributed by atoms with Crippen LogP contribution < -0.4 is 10.3 Å². The van der Waals surface area contributed by atoms with Crippen molar-refractivity contribution in [1.29, 1.82) is 0 Å². The van der Waals surface area contributed by atoms with Crippen molar-refractivity contribution in [2.24, 2.45) is 0 Å². The standard InChI is InChI=1S/C21H20N2O2S/c1-2-13-25-16-9-5-3-7-14(16)11-12-18-22-20(24)19-15-8-4-6-10-17(15)26-21(19)23-18/h2-3,5,7,9,11-12H,1,4,6,8,10,13H2,(H,22,23,24)/b12-11+. The largest absolute Gasteiger partial charge is 0.489 e. The van der Waals surface area contributed by atoms with E-state index < -0.39 is 0 Å². The van der Waals surface area contributed by atoms with Crippen molar-refractivity contribution in [3.8, 4) is 5.75 Å². The lowest BCUT2D eigenvalue weighted by atomic mass is 9.97. The first-order valence-electron chi connectivity index (χ1n) is 8.81. The molecule has 0 radical (unpaired) electrons. The van der Waals surface area contributed by atoms with Gasteiger partial charge in [-0.1, -0.05) is 30.9 Å². The van der Waals surface area contributed by atoms with Crippen LogP contribution in [0.5, 0.6) is 5.75 Å². The summed E-state index contributed by atoms with van der Waals surface area (Å²) in [6, 6.07) is 7.76. The lowest BCUT2D eigenvalue weighted by Crippen LogP contribution is -2.11. The SMILES string of the molecule is C=CCOc1ccccc1/C=C/c1nc2sc3c(c2c(=O)[nH]1)CCCC3. The first kappa shape index (κ1) is 16.8. The van der Waals surface area contributed by atoms with E-state index in [1.165, 1.54) is 16.9 Å². The molecule has 2 heterocycles. The van der Waals surface area contributed by atoms with Gasteiger partial charge in [0.25, 0.3) is 5.56 Å². The van der Waals surface area contributed by atoms with Gasteiger partial charge < -0.3 is 9.72 Å². The smallest absolute Gasteiger partial charge is 0.260 e. The zero-order chi connectivity index (χ0) is 17.9.